The van der Waals surface area contributed by atoms with Gasteiger partial charge in [-0.3, -0.25) is 0 Å². The molecule has 1 aliphatic rings. The fourth-order valence-corrected chi connectivity index (χ4v) is 2.71. The van der Waals surface area contributed by atoms with E-state index in [-0.39, 0.29) is 18.4 Å². The van der Waals surface area contributed by atoms with Gasteiger partial charge in [0.1, 0.15) is 0 Å². The Bertz CT molecular complexity index is 573. The Labute approximate surface area is 132 Å². The van der Waals surface area contributed by atoms with Crippen molar-refractivity contribution in [3.8, 4) is 0 Å². The summed E-state index contributed by atoms with van der Waals surface area (Å²) in [7, 11) is 0. The Morgan fingerprint density at radius 1 is 0.955 bits per heavy atom. The summed E-state index contributed by atoms with van der Waals surface area (Å²) in [5, 5.41) is 3.62. The van der Waals surface area contributed by atoms with E-state index in [9.17, 15) is 0 Å². The van der Waals surface area contributed by atoms with Gasteiger partial charge in [-0.2, -0.15) is 0 Å². The Kier molecular flexibility index (Phi) is 4.88. The number of morpholine rings is 1. The van der Waals surface area contributed by atoms with E-state index in [2.05, 4.69) is 43.4 Å². The van der Waals surface area contributed by atoms with Crippen LogP contribution < -0.4 is 5.32 Å². The highest BCUT2D eigenvalue weighted by atomic mass is 16.7. The number of hydrogen-bond acceptors (Lipinski definition) is 3. The summed E-state index contributed by atoms with van der Waals surface area (Å²) in [5.74, 6) is 0. The molecule has 1 aliphatic heterocycles. The fraction of sp³-hybridized carbons (Fsp3) is 0.368. The molecular weight excluding hydrogens is 274 g/mol. The number of rotatable bonds is 4. The predicted molar refractivity (Wildman–Crippen MR) is 87.3 cm³/mol. The monoisotopic (exact) mass is 297 g/mol. The molecule has 4 atom stereocenters. The molecule has 22 heavy (non-hydrogen) atoms. The van der Waals surface area contributed by atoms with E-state index < -0.39 is 0 Å². The molecule has 1 N–H and O–H groups in total. The van der Waals surface area contributed by atoms with E-state index in [4.69, 9.17) is 9.47 Å². The van der Waals surface area contributed by atoms with Gasteiger partial charge in [-0.1, -0.05) is 60.7 Å². The van der Waals surface area contributed by atoms with Gasteiger partial charge in [0.15, 0.2) is 6.29 Å². The van der Waals surface area contributed by atoms with Crippen LogP contribution in [0.3, 0.4) is 0 Å². The second-order valence-electron chi connectivity index (χ2n) is 5.85. The third-order valence-electron chi connectivity index (χ3n) is 4.18. The lowest BCUT2D eigenvalue weighted by Crippen LogP contribution is -2.52. The molecule has 0 aromatic heterocycles. The van der Waals surface area contributed by atoms with Crippen LogP contribution in [-0.2, 0) is 16.1 Å². The van der Waals surface area contributed by atoms with Crippen LogP contribution in [0.15, 0.2) is 60.7 Å². The molecule has 3 heteroatoms. The molecule has 0 spiro atoms. The second-order valence-corrected chi connectivity index (χ2v) is 5.85. The van der Waals surface area contributed by atoms with Crippen molar-refractivity contribution < 1.29 is 9.47 Å². The third kappa shape index (κ3) is 3.55. The zero-order valence-corrected chi connectivity index (χ0v) is 13.1. The fourth-order valence-electron chi connectivity index (χ4n) is 2.71. The number of hydrogen-bond donors (Lipinski definition) is 1. The topological polar surface area (TPSA) is 30.5 Å². The number of benzene rings is 2. The standard InChI is InChI=1S/C19H23NO2/c1-14-15(2)22-19(21-13-16-9-5-3-6-10-16)18(20-14)17-11-7-4-8-12-17/h3-12,14-15,18-20H,13H2,1-2H3/t14?,15?,18-,19+/m0/s1. The van der Waals surface area contributed by atoms with Gasteiger partial charge < -0.3 is 14.8 Å². The molecule has 3 nitrogen and oxygen atoms in total. The van der Waals surface area contributed by atoms with Crippen molar-refractivity contribution in [3.63, 3.8) is 0 Å². The molecule has 1 saturated heterocycles. The average Bonchev–Trinajstić information content (AvgIpc) is 2.57. The minimum Gasteiger partial charge on any atom is -0.346 e. The van der Waals surface area contributed by atoms with Gasteiger partial charge in [-0.15, -0.1) is 0 Å². The van der Waals surface area contributed by atoms with Crippen LogP contribution in [0, 0.1) is 0 Å². The van der Waals surface area contributed by atoms with Crippen LogP contribution in [0.2, 0.25) is 0 Å². The molecule has 2 aromatic rings. The summed E-state index contributed by atoms with van der Waals surface area (Å²) in [6.07, 6.45) is -0.158. The Morgan fingerprint density at radius 3 is 2.27 bits per heavy atom. The molecule has 0 aliphatic carbocycles. The molecule has 0 radical (unpaired) electrons. The van der Waals surface area contributed by atoms with E-state index in [0.717, 1.165) is 5.56 Å². The van der Waals surface area contributed by atoms with Gasteiger partial charge >= 0.3 is 0 Å². The first-order valence-corrected chi connectivity index (χ1v) is 7.86. The van der Waals surface area contributed by atoms with Gasteiger partial charge in [0.05, 0.1) is 18.8 Å². The summed E-state index contributed by atoms with van der Waals surface area (Å²) in [6.45, 7) is 4.78. The molecule has 1 fully saturated rings. The summed E-state index contributed by atoms with van der Waals surface area (Å²) in [6, 6.07) is 20.9. The van der Waals surface area contributed by atoms with Gasteiger partial charge in [0, 0.05) is 6.04 Å². The van der Waals surface area contributed by atoms with E-state index in [0.29, 0.717) is 12.6 Å². The molecule has 0 amide bonds. The Morgan fingerprint density at radius 2 is 1.59 bits per heavy atom. The van der Waals surface area contributed by atoms with Gasteiger partial charge in [0.2, 0.25) is 0 Å². The van der Waals surface area contributed by atoms with Crippen molar-refractivity contribution >= 4 is 0 Å². The van der Waals surface area contributed by atoms with Crippen molar-refractivity contribution in [2.24, 2.45) is 0 Å². The van der Waals surface area contributed by atoms with E-state index >= 15 is 0 Å². The maximum atomic E-state index is 6.10. The smallest absolute Gasteiger partial charge is 0.177 e. The second kappa shape index (κ2) is 7.05. The maximum Gasteiger partial charge on any atom is 0.177 e. The third-order valence-corrected chi connectivity index (χ3v) is 4.18. The van der Waals surface area contributed by atoms with Crippen molar-refractivity contribution in [1.29, 1.82) is 0 Å². The SMILES string of the molecule is CC1N[C@@H](c2ccccc2)[C@H](OCc2ccccc2)OC1C. The first-order chi connectivity index (χ1) is 10.7. The minimum absolute atomic E-state index is 0.0520. The molecule has 116 valence electrons. The Hall–Kier alpha value is -1.68. The van der Waals surface area contributed by atoms with E-state index in [1.807, 2.05) is 36.4 Å². The lowest BCUT2D eigenvalue weighted by Gasteiger charge is -2.40. The minimum atomic E-state index is -0.284. The van der Waals surface area contributed by atoms with Gasteiger partial charge in [-0.05, 0) is 25.0 Å². The van der Waals surface area contributed by atoms with Crippen LogP contribution in [0.25, 0.3) is 0 Å². The molecule has 1 heterocycles. The highest BCUT2D eigenvalue weighted by Gasteiger charge is 2.34. The first-order valence-electron chi connectivity index (χ1n) is 7.86. The van der Waals surface area contributed by atoms with Crippen molar-refractivity contribution in [2.45, 2.75) is 44.9 Å². The normalized spacial score (nSPS) is 28.5. The largest absolute Gasteiger partial charge is 0.346 e. The van der Waals surface area contributed by atoms with Crippen LogP contribution >= 0.6 is 0 Å². The molecule has 0 saturated carbocycles. The molecule has 2 aromatic carbocycles. The highest BCUT2D eigenvalue weighted by Crippen LogP contribution is 2.28. The quantitative estimate of drug-likeness (QED) is 0.934. The zero-order valence-electron chi connectivity index (χ0n) is 13.1. The number of nitrogens with one attached hydrogen (secondary N) is 1. The van der Waals surface area contributed by atoms with E-state index in [1.165, 1.54) is 5.56 Å². The van der Waals surface area contributed by atoms with Crippen LogP contribution in [-0.4, -0.2) is 18.4 Å². The zero-order chi connectivity index (χ0) is 15.4. The van der Waals surface area contributed by atoms with Crippen LogP contribution in [0.1, 0.15) is 31.0 Å². The first kappa shape index (κ1) is 15.2. The summed E-state index contributed by atoms with van der Waals surface area (Å²) in [4.78, 5) is 0. The molecule has 0 bridgehead atoms. The van der Waals surface area contributed by atoms with Gasteiger partial charge in [-0.25, -0.2) is 0 Å². The summed E-state index contributed by atoms with van der Waals surface area (Å²) >= 11 is 0. The van der Waals surface area contributed by atoms with Gasteiger partial charge in [0.25, 0.3) is 0 Å². The lowest BCUT2D eigenvalue weighted by molar-refractivity contribution is -0.218. The summed E-state index contributed by atoms with van der Waals surface area (Å²) < 4.78 is 12.2. The highest BCUT2D eigenvalue weighted by molar-refractivity contribution is 5.20. The van der Waals surface area contributed by atoms with E-state index in [1.54, 1.807) is 0 Å². The summed E-state index contributed by atoms with van der Waals surface area (Å²) in [5.41, 5.74) is 2.35. The molecular formula is C19H23NO2. The maximum absolute atomic E-state index is 6.10. The molecule has 2 unspecified atom stereocenters. The molecule has 3 rings (SSSR count). The van der Waals surface area contributed by atoms with Crippen LogP contribution in [0.4, 0.5) is 0 Å². The van der Waals surface area contributed by atoms with Crippen molar-refractivity contribution in [2.75, 3.05) is 0 Å². The number of ether oxygens (including phenoxy) is 2. The predicted octanol–water partition coefficient (Wildman–Crippen LogP) is 3.67. The van der Waals surface area contributed by atoms with Crippen LogP contribution in [0.5, 0.6) is 0 Å². The lowest BCUT2D eigenvalue weighted by atomic mass is 10.0. The van der Waals surface area contributed by atoms with Crippen molar-refractivity contribution in [3.05, 3.63) is 71.8 Å². The van der Waals surface area contributed by atoms with Crippen molar-refractivity contribution in [1.82, 2.24) is 5.32 Å². The Balaban J connectivity index is 1.73. The average molecular weight is 297 g/mol.